The molecular formula is C25H31NO2. The average molecular weight is 378 g/mol. The van der Waals surface area contributed by atoms with Gasteiger partial charge < -0.3 is 9.47 Å². The summed E-state index contributed by atoms with van der Waals surface area (Å²) in [5.74, 6) is 0.528. The van der Waals surface area contributed by atoms with Crippen LogP contribution >= 0.6 is 0 Å². The number of nitriles is 1. The molecule has 0 N–H and O–H groups in total. The molecule has 0 spiro atoms. The van der Waals surface area contributed by atoms with Crippen molar-refractivity contribution in [2.45, 2.75) is 58.2 Å². The Morgan fingerprint density at radius 3 is 2.00 bits per heavy atom. The largest absolute Gasteiger partial charge is 0.348 e. The van der Waals surface area contributed by atoms with Crippen molar-refractivity contribution in [2.75, 3.05) is 13.2 Å². The van der Waals surface area contributed by atoms with Gasteiger partial charge in [-0.3, -0.25) is 0 Å². The van der Waals surface area contributed by atoms with Crippen molar-refractivity contribution in [3.05, 3.63) is 59.7 Å². The Kier molecular flexibility index (Phi) is 8.08. The minimum Gasteiger partial charge on any atom is -0.348 e. The fraction of sp³-hybridized carbons (Fsp3) is 0.480. The van der Waals surface area contributed by atoms with Crippen LogP contribution < -0.4 is 0 Å². The van der Waals surface area contributed by atoms with Crippen LogP contribution in [0.2, 0.25) is 0 Å². The number of unbranched alkanes of at least 4 members (excludes halogenated alkanes) is 5. The molecule has 0 aromatic heterocycles. The molecule has 0 radical (unpaired) electrons. The summed E-state index contributed by atoms with van der Waals surface area (Å²) in [4.78, 5) is 0. The highest BCUT2D eigenvalue weighted by atomic mass is 16.7. The van der Waals surface area contributed by atoms with E-state index in [0.717, 1.165) is 29.9 Å². The second-order valence-corrected chi connectivity index (χ2v) is 7.73. The van der Waals surface area contributed by atoms with Crippen molar-refractivity contribution in [1.29, 1.82) is 5.26 Å². The van der Waals surface area contributed by atoms with Crippen molar-refractivity contribution in [1.82, 2.24) is 0 Å². The number of rotatable bonds is 9. The van der Waals surface area contributed by atoms with Crippen LogP contribution in [0, 0.1) is 17.2 Å². The van der Waals surface area contributed by atoms with Crippen molar-refractivity contribution in [3.63, 3.8) is 0 Å². The molecular weight excluding hydrogens is 346 g/mol. The first-order valence-corrected chi connectivity index (χ1v) is 10.6. The van der Waals surface area contributed by atoms with E-state index in [-0.39, 0.29) is 6.29 Å². The number of benzene rings is 2. The smallest absolute Gasteiger partial charge is 0.183 e. The van der Waals surface area contributed by atoms with Gasteiger partial charge in [0.15, 0.2) is 6.29 Å². The second kappa shape index (κ2) is 11.0. The number of nitrogens with zero attached hydrogens (tertiary/aromatic N) is 1. The van der Waals surface area contributed by atoms with Crippen LogP contribution in [0.25, 0.3) is 11.1 Å². The molecule has 3 rings (SSSR count). The molecule has 0 bridgehead atoms. The molecule has 28 heavy (non-hydrogen) atoms. The summed E-state index contributed by atoms with van der Waals surface area (Å²) >= 11 is 0. The lowest BCUT2D eigenvalue weighted by Crippen LogP contribution is -2.27. The molecule has 1 aliphatic rings. The summed E-state index contributed by atoms with van der Waals surface area (Å²) in [6.45, 7) is 3.84. The molecule has 0 saturated carbocycles. The predicted octanol–water partition coefficient (Wildman–Crippen LogP) is 6.64. The minimum absolute atomic E-state index is 0.254. The first kappa shape index (κ1) is 20.6. The molecule has 0 amide bonds. The third-order valence-electron chi connectivity index (χ3n) is 5.46. The van der Waals surface area contributed by atoms with Crippen LogP contribution in [0.15, 0.2) is 48.5 Å². The SMILES string of the molecule is CCCCCCCCC1COC(c2ccc(-c3ccc(C#N)cc3)cc2)OC1. The molecule has 148 valence electrons. The van der Waals surface area contributed by atoms with E-state index in [1.807, 2.05) is 24.3 Å². The van der Waals surface area contributed by atoms with Gasteiger partial charge in [-0.2, -0.15) is 5.26 Å². The van der Waals surface area contributed by atoms with Gasteiger partial charge in [-0.15, -0.1) is 0 Å². The Hall–Kier alpha value is -2.15. The van der Waals surface area contributed by atoms with E-state index in [1.165, 1.54) is 44.9 Å². The van der Waals surface area contributed by atoms with Gasteiger partial charge in [-0.05, 0) is 29.7 Å². The van der Waals surface area contributed by atoms with E-state index < -0.39 is 0 Å². The first-order chi connectivity index (χ1) is 13.8. The lowest BCUT2D eigenvalue weighted by atomic mass is 10.0. The van der Waals surface area contributed by atoms with E-state index in [2.05, 4.69) is 37.3 Å². The highest BCUT2D eigenvalue weighted by molar-refractivity contribution is 5.64. The van der Waals surface area contributed by atoms with Crippen molar-refractivity contribution < 1.29 is 9.47 Å². The normalized spacial score (nSPS) is 19.3. The van der Waals surface area contributed by atoms with Crippen LogP contribution in [0.4, 0.5) is 0 Å². The van der Waals surface area contributed by atoms with Gasteiger partial charge in [0.2, 0.25) is 0 Å². The molecule has 1 fully saturated rings. The summed E-state index contributed by atoms with van der Waals surface area (Å²) < 4.78 is 12.0. The van der Waals surface area contributed by atoms with Gasteiger partial charge in [0, 0.05) is 11.5 Å². The highest BCUT2D eigenvalue weighted by Crippen LogP contribution is 2.29. The number of hydrogen-bond donors (Lipinski definition) is 0. The van der Waals surface area contributed by atoms with E-state index in [1.54, 1.807) is 0 Å². The molecule has 2 aromatic carbocycles. The van der Waals surface area contributed by atoms with Gasteiger partial charge >= 0.3 is 0 Å². The molecule has 1 aliphatic heterocycles. The third-order valence-corrected chi connectivity index (χ3v) is 5.46. The topological polar surface area (TPSA) is 42.2 Å². The highest BCUT2D eigenvalue weighted by Gasteiger charge is 2.23. The lowest BCUT2D eigenvalue weighted by Gasteiger charge is -2.29. The van der Waals surface area contributed by atoms with Crippen LogP contribution in [0.1, 0.15) is 69.3 Å². The number of ether oxygens (including phenoxy) is 2. The van der Waals surface area contributed by atoms with Gasteiger partial charge in [-0.1, -0.05) is 81.8 Å². The zero-order valence-electron chi connectivity index (χ0n) is 16.9. The summed E-state index contributed by atoms with van der Waals surface area (Å²) in [6, 6.07) is 18.1. The van der Waals surface area contributed by atoms with Crippen LogP contribution in [0.3, 0.4) is 0 Å². The summed E-state index contributed by atoms with van der Waals surface area (Å²) in [5, 5.41) is 8.91. The first-order valence-electron chi connectivity index (χ1n) is 10.6. The van der Waals surface area contributed by atoms with E-state index in [9.17, 15) is 0 Å². The summed E-state index contributed by atoms with van der Waals surface area (Å²) in [7, 11) is 0. The second-order valence-electron chi connectivity index (χ2n) is 7.73. The maximum atomic E-state index is 8.91. The Morgan fingerprint density at radius 1 is 0.821 bits per heavy atom. The van der Waals surface area contributed by atoms with Crippen LogP contribution in [-0.4, -0.2) is 13.2 Å². The Labute approximate surface area is 169 Å². The fourth-order valence-electron chi connectivity index (χ4n) is 3.69. The molecule has 1 saturated heterocycles. The van der Waals surface area contributed by atoms with E-state index in [4.69, 9.17) is 14.7 Å². The Balaban J connectivity index is 1.43. The van der Waals surface area contributed by atoms with Gasteiger partial charge in [0.25, 0.3) is 0 Å². The van der Waals surface area contributed by atoms with Gasteiger partial charge in [0.05, 0.1) is 24.8 Å². The quantitative estimate of drug-likeness (QED) is 0.460. The molecule has 0 unspecified atom stereocenters. The molecule has 3 heteroatoms. The average Bonchev–Trinajstić information content (AvgIpc) is 2.77. The van der Waals surface area contributed by atoms with E-state index >= 15 is 0 Å². The minimum atomic E-state index is -0.254. The van der Waals surface area contributed by atoms with Gasteiger partial charge in [-0.25, -0.2) is 0 Å². The summed E-state index contributed by atoms with van der Waals surface area (Å²) in [6.07, 6.45) is 8.96. The molecule has 0 aliphatic carbocycles. The predicted molar refractivity (Wildman–Crippen MR) is 113 cm³/mol. The van der Waals surface area contributed by atoms with Crippen molar-refractivity contribution in [2.24, 2.45) is 5.92 Å². The summed E-state index contributed by atoms with van der Waals surface area (Å²) in [5.41, 5.74) is 3.98. The van der Waals surface area contributed by atoms with Crippen molar-refractivity contribution in [3.8, 4) is 17.2 Å². The maximum Gasteiger partial charge on any atom is 0.183 e. The standard InChI is InChI=1S/C25H31NO2/c1-2-3-4-5-6-7-8-21-18-27-25(28-19-21)24-15-13-23(14-16-24)22-11-9-20(17-26)10-12-22/h9-16,21,25H,2-8,18-19H2,1H3. The molecule has 1 heterocycles. The lowest BCUT2D eigenvalue weighted by molar-refractivity contribution is -0.206. The Bertz CT molecular complexity index is 738. The zero-order valence-corrected chi connectivity index (χ0v) is 16.9. The third kappa shape index (κ3) is 5.92. The molecule has 3 nitrogen and oxygen atoms in total. The maximum absolute atomic E-state index is 8.91. The van der Waals surface area contributed by atoms with Crippen LogP contribution in [0.5, 0.6) is 0 Å². The number of hydrogen-bond acceptors (Lipinski definition) is 3. The Morgan fingerprint density at radius 2 is 1.39 bits per heavy atom. The monoisotopic (exact) mass is 377 g/mol. The fourth-order valence-corrected chi connectivity index (χ4v) is 3.69. The molecule has 0 atom stereocenters. The van der Waals surface area contributed by atoms with Crippen LogP contribution in [-0.2, 0) is 9.47 Å². The van der Waals surface area contributed by atoms with Gasteiger partial charge in [0.1, 0.15) is 0 Å². The zero-order chi connectivity index (χ0) is 19.6. The van der Waals surface area contributed by atoms with E-state index in [0.29, 0.717) is 11.5 Å². The molecule has 2 aromatic rings. The van der Waals surface area contributed by atoms with Crippen molar-refractivity contribution >= 4 is 0 Å².